The van der Waals surface area contributed by atoms with Crippen molar-refractivity contribution in [2.24, 2.45) is 0 Å². The van der Waals surface area contributed by atoms with Gasteiger partial charge in [0.1, 0.15) is 5.82 Å². The Hall–Kier alpha value is -3.67. The number of amides is 1. The van der Waals surface area contributed by atoms with E-state index >= 15 is 0 Å². The van der Waals surface area contributed by atoms with Crippen LogP contribution in [0.2, 0.25) is 0 Å². The first kappa shape index (κ1) is 18.7. The molecule has 0 bridgehead atoms. The van der Waals surface area contributed by atoms with Crippen molar-refractivity contribution in [2.45, 2.75) is 19.4 Å². The van der Waals surface area contributed by atoms with E-state index in [0.29, 0.717) is 16.8 Å². The van der Waals surface area contributed by atoms with E-state index in [9.17, 15) is 9.59 Å². The minimum Gasteiger partial charge on any atom is -0.465 e. The van der Waals surface area contributed by atoms with Gasteiger partial charge in [0.25, 0.3) is 5.91 Å². The van der Waals surface area contributed by atoms with Crippen LogP contribution in [0.25, 0.3) is 0 Å². The molecule has 146 valence electrons. The zero-order valence-corrected chi connectivity index (χ0v) is 16.3. The van der Waals surface area contributed by atoms with Gasteiger partial charge < -0.3 is 15.0 Å². The van der Waals surface area contributed by atoms with Gasteiger partial charge in [-0.3, -0.25) is 4.79 Å². The molecule has 0 spiro atoms. The summed E-state index contributed by atoms with van der Waals surface area (Å²) in [4.78, 5) is 31.1. The van der Waals surface area contributed by atoms with Crippen molar-refractivity contribution in [2.75, 3.05) is 17.3 Å². The number of benzene rings is 2. The van der Waals surface area contributed by atoms with E-state index in [0.717, 1.165) is 17.9 Å². The van der Waals surface area contributed by atoms with Crippen LogP contribution >= 0.6 is 0 Å². The summed E-state index contributed by atoms with van der Waals surface area (Å²) in [5.41, 5.74) is 3.79. The van der Waals surface area contributed by atoms with Crippen LogP contribution in [0.5, 0.6) is 0 Å². The Morgan fingerprint density at radius 1 is 1.07 bits per heavy atom. The van der Waals surface area contributed by atoms with Gasteiger partial charge in [-0.15, -0.1) is 0 Å². The molecule has 29 heavy (non-hydrogen) atoms. The number of carbonyl (C=O) groups is 2. The van der Waals surface area contributed by atoms with Crippen molar-refractivity contribution in [1.82, 2.24) is 4.98 Å². The first-order valence-electron chi connectivity index (χ1n) is 9.40. The lowest BCUT2D eigenvalue weighted by molar-refractivity contribution is 0.0600. The average Bonchev–Trinajstić information content (AvgIpc) is 3.09. The number of anilines is 3. The first-order valence-corrected chi connectivity index (χ1v) is 9.40. The molecule has 0 radical (unpaired) electrons. The van der Waals surface area contributed by atoms with Crippen LogP contribution in [0.4, 0.5) is 17.2 Å². The summed E-state index contributed by atoms with van der Waals surface area (Å²) in [7, 11) is 1.32. The normalized spacial score (nSPS) is 15.0. The lowest BCUT2D eigenvalue weighted by Crippen LogP contribution is -2.25. The van der Waals surface area contributed by atoms with Crippen molar-refractivity contribution >= 4 is 29.1 Å². The number of nitrogens with zero attached hydrogens (tertiary/aromatic N) is 2. The fourth-order valence-electron chi connectivity index (χ4n) is 3.65. The molecule has 0 aliphatic carbocycles. The maximum absolute atomic E-state index is 12.8. The average molecular weight is 387 g/mol. The fraction of sp³-hybridized carbons (Fsp3) is 0.174. The van der Waals surface area contributed by atoms with Crippen molar-refractivity contribution in [3.8, 4) is 0 Å². The van der Waals surface area contributed by atoms with E-state index in [2.05, 4.69) is 34.3 Å². The molecule has 1 N–H and O–H groups in total. The van der Waals surface area contributed by atoms with Crippen LogP contribution in [0.15, 0.2) is 66.9 Å². The number of pyridine rings is 1. The largest absolute Gasteiger partial charge is 0.465 e. The molecule has 2 aromatic carbocycles. The second-order valence-corrected chi connectivity index (χ2v) is 6.98. The predicted octanol–water partition coefficient (Wildman–Crippen LogP) is 4.20. The summed E-state index contributed by atoms with van der Waals surface area (Å²) >= 11 is 0. The zero-order chi connectivity index (χ0) is 20.4. The Morgan fingerprint density at radius 2 is 1.90 bits per heavy atom. The molecule has 3 aromatic rings. The summed E-state index contributed by atoms with van der Waals surface area (Å²) in [6.45, 7) is 2.15. The Balaban J connectivity index is 1.58. The van der Waals surface area contributed by atoms with Gasteiger partial charge in [0, 0.05) is 29.2 Å². The van der Waals surface area contributed by atoms with E-state index in [1.165, 1.54) is 12.7 Å². The van der Waals surface area contributed by atoms with Gasteiger partial charge in [0.2, 0.25) is 0 Å². The monoisotopic (exact) mass is 387 g/mol. The second-order valence-electron chi connectivity index (χ2n) is 6.98. The van der Waals surface area contributed by atoms with Crippen LogP contribution in [0.3, 0.4) is 0 Å². The Kier molecular flexibility index (Phi) is 4.99. The number of hydrogen-bond acceptors (Lipinski definition) is 5. The molecule has 1 amide bonds. The molecule has 0 saturated heterocycles. The molecule has 4 rings (SSSR count). The van der Waals surface area contributed by atoms with Gasteiger partial charge in [0.05, 0.1) is 12.7 Å². The third-order valence-electron chi connectivity index (χ3n) is 5.00. The summed E-state index contributed by atoms with van der Waals surface area (Å²) in [6.07, 6.45) is 2.58. The molecule has 0 fully saturated rings. The number of aromatic nitrogens is 1. The SMILES string of the molecule is COC(=O)c1cccc(NC(=O)c2ccnc(N3c4ccccc4CC3C)c2)c1. The molecule has 1 aromatic heterocycles. The highest BCUT2D eigenvalue weighted by molar-refractivity contribution is 6.05. The number of rotatable bonds is 4. The summed E-state index contributed by atoms with van der Waals surface area (Å²) in [6, 6.07) is 18.6. The number of esters is 1. The van der Waals surface area contributed by atoms with Crippen LogP contribution in [0.1, 0.15) is 33.2 Å². The quantitative estimate of drug-likeness (QED) is 0.679. The highest BCUT2D eigenvalue weighted by Crippen LogP contribution is 2.37. The topological polar surface area (TPSA) is 71.5 Å². The molecule has 0 saturated carbocycles. The van der Waals surface area contributed by atoms with Crippen LogP contribution in [-0.2, 0) is 11.2 Å². The number of carbonyl (C=O) groups excluding carboxylic acids is 2. The number of nitrogens with one attached hydrogen (secondary N) is 1. The minimum absolute atomic E-state index is 0.259. The molecule has 1 aliphatic heterocycles. The number of methoxy groups -OCH3 is 1. The standard InChI is InChI=1S/C23H21N3O3/c1-15-12-16-6-3-4-9-20(16)26(15)21-14-17(10-11-24-21)22(27)25-19-8-5-7-18(13-19)23(28)29-2/h3-11,13-15H,12H2,1-2H3,(H,25,27). The minimum atomic E-state index is -0.450. The smallest absolute Gasteiger partial charge is 0.337 e. The molecule has 2 heterocycles. The van der Waals surface area contributed by atoms with Gasteiger partial charge in [-0.1, -0.05) is 24.3 Å². The summed E-state index contributed by atoms with van der Waals surface area (Å²) < 4.78 is 4.73. The third kappa shape index (κ3) is 3.69. The molecular weight excluding hydrogens is 366 g/mol. The fourth-order valence-corrected chi connectivity index (χ4v) is 3.65. The first-order chi connectivity index (χ1) is 14.1. The summed E-state index contributed by atoms with van der Waals surface area (Å²) in [5.74, 6) is 0.0168. The van der Waals surface area contributed by atoms with Gasteiger partial charge in [0.15, 0.2) is 0 Å². The maximum Gasteiger partial charge on any atom is 0.337 e. The van der Waals surface area contributed by atoms with E-state index in [1.54, 1.807) is 42.6 Å². The molecule has 1 aliphatic rings. The lowest BCUT2D eigenvalue weighted by atomic mass is 10.1. The van der Waals surface area contributed by atoms with Gasteiger partial charge >= 0.3 is 5.97 Å². The van der Waals surface area contributed by atoms with Gasteiger partial charge in [-0.05, 0) is 55.3 Å². The second kappa shape index (κ2) is 7.75. The highest BCUT2D eigenvalue weighted by Gasteiger charge is 2.28. The number of fused-ring (bicyclic) bond motifs is 1. The molecule has 1 unspecified atom stereocenters. The maximum atomic E-state index is 12.8. The summed E-state index contributed by atoms with van der Waals surface area (Å²) in [5, 5.41) is 2.83. The van der Waals surface area contributed by atoms with Gasteiger partial charge in [-0.2, -0.15) is 0 Å². The lowest BCUT2D eigenvalue weighted by Gasteiger charge is -2.24. The Bertz CT molecular complexity index is 1080. The zero-order valence-electron chi connectivity index (χ0n) is 16.3. The number of ether oxygens (including phenoxy) is 1. The predicted molar refractivity (Wildman–Crippen MR) is 112 cm³/mol. The van der Waals surface area contributed by atoms with Crippen molar-refractivity contribution in [1.29, 1.82) is 0 Å². The highest BCUT2D eigenvalue weighted by atomic mass is 16.5. The Morgan fingerprint density at radius 3 is 2.72 bits per heavy atom. The van der Waals surface area contributed by atoms with E-state index in [4.69, 9.17) is 4.74 Å². The van der Waals surface area contributed by atoms with Gasteiger partial charge in [-0.25, -0.2) is 9.78 Å². The van der Waals surface area contributed by atoms with Crippen LogP contribution in [0, 0.1) is 0 Å². The van der Waals surface area contributed by atoms with Crippen LogP contribution < -0.4 is 10.2 Å². The van der Waals surface area contributed by atoms with E-state index in [-0.39, 0.29) is 11.9 Å². The Labute approximate surface area is 169 Å². The van der Waals surface area contributed by atoms with E-state index < -0.39 is 5.97 Å². The molecule has 6 nitrogen and oxygen atoms in total. The van der Waals surface area contributed by atoms with Crippen molar-refractivity contribution < 1.29 is 14.3 Å². The molecule has 1 atom stereocenters. The van der Waals surface area contributed by atoms with Crippen molar-refractivity contribution in [3.63, 3.8) is 0 Å². The number of hydrogen-bond donors (Lipinski definition) is 1. The van der Waals surface area contributed by atoms with E-state index in [1.807, 2.05) is 12.1 Å². The molecular formula is C23H21N3O3. The number of para-hydroxylation sites is 1. The third-order valence-corrected chi connectivity index (χ3v) is 5.00. The molecule has 6 heteroatoms. The van der Waals surface area contributed by atoms with Crippen LogP contribution in [-0.4, -0.2) is 30.0 Å². The van der Waals surface area contributed by atoms with Crippen molar-refractivity contribution in [3.05, 3.63) is 83.6 Å².